The van der Waals surface area contributed by atoms with Gasteiger partial charge in [0.05, 0.1) is 11.4 Å². The summed E-state index contributed by atoms with van der Waals surface area (Å²) in [6, 6.07) is 7.66. The Morgan fingerprint density at radius 3 is 2.73 bits per heavy atom. The number of nitrogens with one attached hydrogen (secondary N) is 1. The van der Waals surface area contributed by atoms with Crippen molar-refractivity contribution < 1.29 is 0 Å². The van der Waals surface area contributed by atoms with Crippen molar-refractivity contribution in [1.82, 2.24) is 0 Å². The molecule has 1 rings (SSSR count). The highest BCUT2D eigenvalue weighted by Crippen LogP contribution is 2.19. The lowest BCUT2D eigenvalue weighted by Crippen LogP contribution is -2.00. The van der Waals surface area contributed by atoms with Crippen molar-refractivity contribution in [2.75, 3.05) is 11.1 Å². The van der Waals surface area contributed by atoms with Gasteiger partial charge in [-0.2, -0.15) is 0 Å². The van der Waals surface area contributed by atoms with Crippen LogP contribution in [0, 0.1) is 0 Å². The van der Waals surface area contributed by atoms with Crippen molar-refractivity contribution in [3.63, 3.8) is 0 Å². The van der Waals surface area contributed by atoms with Crippen molar-refractivity contribution in [2.24, 2.45) is 0 Å². The van der Waals surface area contributed by atoms with Crippen LogP contribution in [0.15, 0.2) is 60.8 Å². The Hall–Kier alpha value is -1.96. The molecule has 0 amide bonds. The van der Waals surface area contributed by atoms with Crippen molar-refractivity contribution in [2.45, 2.75) is 6.92 Å². The number of anilines is 2. The SMILES string of the molecule is C=C/C=C(\C=C/C)Nc1ccccc1N. The van der Waals surface area contributed by atoms with E-state index >= 15 is 0 Å². The molecule has 0 fully saturated rings. The summed E-state index contributed by atoms with van der Waals surface area (Å²) in [5, 5.41) is 3.23. The van der Waals surface area contributed by atoms with Crippen LogP contribution in [0.3, 0.4) is 0 Å². The molecular formula is C13H16N2. The summed E-state index contributed by atoms with van der Waals surface area (Å²) >= 11 is 0. The first-order chi connectivity index (χ1) is 7.27. The molecule has 0 aliphatic carbocycles. The van der Waals surface area contributed by atoms with E-state index in [0.717, 1.165) is 17.1 Å². The zero-order valence-electron chi connectivity index (χ0n) is 8.90. The molecular weight excluding hydrogens is 184 g/mol. The molecule has 0 aliphatic heterocycles. The van der Waals surface area contributed by atoms with Crippen LogP contribution in [0.1, 0.15) is 6.92 Å². The second kappa shape index (κ2) is 5.70. The van der Waals surface area contributed by atoms with Gasteiger partial charge in [-0.05, 0) is 31.2 Å². The smallest absolute Gasteiger partial charge is 0.0617 e. The predicted molar refractivity (Wildman–Crippen MR) is 67.6 cm³/mol. The molecule has 1 aromatic rings. The molecule has 1 aromatic carbocycles. The van der Waals surface area contributed by atoms with Crippen LogP contribution >= 0.6 is 0 Å². The van der Waals surface area contributed by atoms with E-state index in [1.165, 1.54) is 0 Å². The van der Waals surface area contributed by atoms with E-state index in [2.05, 4.69) is 11.9 Å². The summed E-state index contributed by atoms with van der Waals surface area (Å²) in [7, 11) is 0. The summed E-state index contributed by atoms with van der Waals surface area (Å²) in [4.78, 5) is 0. The molecule has 2 nitrogen and oxygen atoms in total. The first-order valence-electron chi connectivity index (χ1n) is 4.85. The van der Waals surface area contributed by atoms with E-state index in [1.807, 2.05) is 49.4 Å². The maximum atomic E-state index is 5.82. The van der Waals surface area contributed by atoms with Crippen LogP contribution in [0.4, 0.5) is 11.4 Å². The molecule has 0 aliphatic rings. The zero-order chi connectivity index (χ0) is 11.1. The third-order valence-electron chi connectivity index (χ3n) is 1.88. The minimum atomic E-state index is 0.733. The molecule has 0 unspecified atom stereocenters. The van der Waals surface area contributed by atoms with Crippen LogP contribution in [0.2, 0.25) is 0 Å². The number of hydrogen-bond donors (Lipinski definition) is 2. The van der Waals surface area contributed by atoms with Gasteiger partial charge in [-0.25, -0.2) is 0 Å². The highest BCUT2D eigenvalue weighted by Gasteiger charge is 1.97. The quantitative estimate of drug-likeness (QED) is 0.578. The summed E-state index contributed by atoms with van der Waals surface area (Å²) in [6.45, 7) is 5.63. The van der Waals surface area contributed by atoms with Gasteiger partial charge in [0.15, 0.2) is 0 Å². The van der Waals surface area contributed by atoms with Gasteiger partial charge in [-0.15, -0.1) is 0 Å². The van der Waals surface area contributed by atoms with Crippen LogP contribution < -0.4 is 11.1 Å². The Morgan fingerprint density at radius 2 is 2.13 bits per heavy atom. The van der Waals surface area contributed by atoms with Gasteiger partial charge in [-0.3, -0.25) is 0 Å². The van der Waals surface area contributed by atoms with Gasteiger partial charge >= 0.3 is 0 Å². The second-order valence-electron chi connectivity index (χ2n) is 3.07. The maximum Gasteiger partial charge on any atom is 0.0617 e. The zero-order valence-corrected chi connectivity index (χ0v) is 8.90. The largest absolute Gasteiger partial charge is 0.397 e. The fourth-order valence-corrected chi connectivity index (χ4v) is 1.21. The summed E-state index contributed by atoms with van der Waals surface area (Å²) in [5.74, 6) is 0. The summed E-state index contributed by atoms with van der Waals surface area (Å²) in [6.07, 6.45) is 7.56. The van der Waals surface area contributed by atoms with Crippen molar-refractivity contribution in [1.29, 1.82) is 0 Å². The number of para-hydroxylation sites is 2. The average molecular weight is 200 g/mol. The van der Waals surface area contributed by atoms with Crippen molar-refractivity contribution in [3.8, 4) is 0 Å². The average Bonchev–Trinajstić information content (AvgIpc) is 2.22. The Balaban J connectivity index is 2.88. The van der Waals surface area contributed by atoms with Crippen LogP contribution in [0.25, 0.3) is 0 Å². The van der Waals surface area contributed by atoms with E-state index in [9.17, 15) is 0 Å². The first kappa shape index (κ1) is 11.1. The van der Waals surface area contributed by atoms with E-state index < -0.39 is 0 Å². The maximum absolute atomic E-state index is 5.82. The second-order valence-corrected chi connectivity index (χ2v) is 3.07. The molecule has 0 atom stereocenters. The third kappa shape index (κ3) is 3.35. The van der Waals surface area contributed by atoms with Gasteiger partial charge in [0.1, 0.15) is 0 Å². The number of nitrogens with two attached hydrogens (primary N) is 1. The molecule has 0 saturated carbocycles. The minimum Gasteiger partial charge on any atom is -0.397 e. The van der Waals surface area contributed by atoms with E-state index in [4.69, 9.17) is 5.73 Å². The molecule has 0 radical (unpaired) electrons. The lowest BCUT2D eigenvalue weighted by Gasteiger charge is -2.09. The Labute approximate surface area is 90.8 Å². The molecule has 15 heavy (non-hydrogen) atoms. The van der Waals surface area contributed by atoms with Crippen LogP contribution in [0.5, 0.6) is 0 Å². The fraction of sp³-hybridized carbons (Fsp3) is 0.0769. The number of allylic oxidation sites excluding steroid dienone is 4. The van der Waals surface area contributed by atoms with Gasteiger partial charge in [0, 0.05) is 5.70 Å². The van der Waals surface area contributed by atoms with Crippen molar-refractivity contribution >= 4 is 11.4 Å². The fourth-order valence-electron chi connectivity index (χ4n) is 1.21. The summed E-state index contributed by atoms with van der Waals surface area (Å²) < 4.78 is 0. The molecule has 0 heterocycles. The molecule has 78 valence electrons. The normalized spacial score (nSPS) is 11.7. The third-order valence-corrected chi connectivity index (χ3v) is 1.88. The number of hydrogen-bond acceptors (Lipinski definition) is 2. The molecule has 0 spiro atoms. The monoisotopic (exact) mass is 200 g/mol. The predicted octanol–water partition coefficient (Wildman–Crippen LogP) is 3.33. The van der Waals surface area contributed by atoms with Gasteiger partial charge in [0.2, 0.25) is 0 Å². The number of benzene rings is 1. The number of rotatable bonds is 4. The minimum absolute atomic E-state index is 0.733. The van der Waals surface area contributed by atoms with E-state index in [-0.39, 0.29) is 0 Å². The molecule has 2 heteroatoms. The lowest BCUT2D eigenvalue weighted by atomic mass is 10.2. The topological polar surface area (TPSA) is 38.0 Å². The van der Waals surface area contributed by atoms with Crippen molar-refractivity contribution in [3.05, 3.63) is 60.8 Å². The Kier molecular flexibility index (Phi) is 4.23. The Bertz CT molecular complexity index is 389. The molecule has 3 N–H and O–H groups in total. The molecule has 0 aromatic heterocycles. The van der Waals surface area contributed by atoms with Crippen LogP contribution in [-0.2, 0) is 0 Å². The molecule has 0 bridgehead atoms. The van der Waals surface area contributed by atoms with Gasteiger partial charge in [-0.1, -0.05) is 30.9 Å². The highest BCUT2D eigenvalue weighted by atomic mass is 14.9. The van der Waals surface area contributed by atoms with Gasteiger partial charge < -0.3 is 11.1 Å². The standard InChI is InChI=1S/C13H16N2/c1-3-7-11(8-4-2)15-13-10-6-5-9-12(13)14/h3-10,15H,1,14H2,2H3/b8-4-,11-7+. The number of nitrogen functional groups attached to an aromatic ring is 1. The lowest BCUT2D eigenvalue weighted by molar-refractivity contribution is 1.46. The molecule has 0 saturated heterocycles. The summed E-state index contributed by atoms with van der Waals surface area (Å²) in [5.41, 5.74) is 8.42. The Morgan fingerprint density at radius 1 is 1.40 bits per heavy atom. The van der Waals surface area contributed by atoms with E-state index in [1.54, 1.807) is 6.08 Å². The van der Waals surface area contributed by atoms with E-state index in [0.29, 0.717) is 0 Å². The van der Waals surface area contributed by atoms with Gasteiger partial charge in [0.25, 0.3) is 0 Å². The highest BCUT2D eigenvalue weighted by molar-refractivity contribution is 5.68. The first-order valence-corrected chi connectivity index (χ1v) is 4.85. The van der Waals surface area contributed by atoms with Crippen LogP contribution in [-0.4, -0.2) is 0 Å².